The zero-order chi connectivity index (χ0) is 12.5. The minimum Gasteiger partial charge on any atom is -0.443 e. The van der Waals surface area contributed by atoms with Gasteiger partial charge in [0.2, 0.25) is 0 Å². The Bertz CT molecular complexity index is 753. The first-order chi connectivity index (χ1) is 8.81. The molecule has 0 amide bonds. The zero-order valence-corrected chi connectivity index (χ0v) is 10.3. The Morgan fingerprint density at radius 2 is 2.33 bits per heavy atom. The standard InChI is InChI=1S/C12H8N4OS/c1-14-12-16-11(10(5-13)18-12)7-2-3-8-9(4-7)17-6-15-8/h2-4,6H,1H3,(H,14,16). The second-order valence-electron chi connectivity index (χ2n) is 3.59. The van der Waals surface area contributed by atoms with Crippen LogP contribution in [0.25, 0.3) is 22.4 Å². The smallest absolute Gasteiger partial charge is 0.184 e. The van der Waals surface area contributed by atoms with Crippen LogP contribution in [0.1, 0.15) is 4.88 Å². The van der Waals surface area contributed by atoms with Crippen LogP contribution in [0.3, 0.4) is 0 Å². The zero-order valence-electron chi connectivity index (χ0n) is 9.47. The summed E-state index contributed by atoms with van der Waals surface area (Å²) in [5.41, 5.74) is 3.01. The highest BCUT2D eigenvalue weighted by Crippen LogP contribution is 2.31. The lowest BCUT2D eigenvalue weighted by Crippen LogP contribution is -1.86. The maximum atomic E-state index is 9.12. The average molecular weight is 256 g/mol. The van der Waals surface area contributed by atoms with Gasteiger partial charge in [-0.2, -0.15) is 5.26 Å². The topological polar surface area (TPSA) is 74.7 Å². The van der Waals surface area contributed by atoms with Crippen LogP contribution in [0.4, 0.5) is 5.13 Å². The summed E-state index contributed by atoms with van der Waals surface area (Å²) in [4.78, 5) is 9.02. The third kappa shape index (κ3) is 1.61. The Kier molecular flexibility index (Phi) is 2.46. The molecule has 0 aliphatic rings. The first-order valence-corrected chi connectivity index (χ1v) is 6.06. The summed E-state index contributed by atoms with van der Waals surface area (Å²) in [6.45, 7) is 0. The molecule has 0 bridgehead atoms. The van der Waals surface area contributed by atoms with E-state index < -0.39 is 0 Å². The van der Waals surface area contributed by atoms with Crippen molar-refractivity contribution in [2.75, 3.05) is 12.4 Å². The number of nitrogens with one attached hydrogen (secondary N) is 1. The van der Waals surface area contributed by atoms with Gasteiger partial charge in [-0.05, 0) is 12.1 Å². The van der Waals surface area contributed by atoms with Crippen molar-refractivity contribution in [3.05, 3.63) is 29.5 Å². The number of rotatable bonds is 2. The normalized spacial score (nSPS) is 10.4. The SMILES string of the molecule is CNc1nc(-c2ccc3ncoc3c2)c(C#N)s1. The van der Waals surface area contributed by atoms with E-state index in [0.29, 0.717) is 16.2 Å². The van der Waals surface area contributed by atoms with Gasteiger partial charge in [-0.1, -0.05) is 17.4 Å². The first-order valence-electron chi connectivity index (χ1n) is 5.24. The summed E-state index contributed by atoms with van der Waals surface area (Å²) in [5, 5.41) is 12.8. The highest BCUT2D eigenvalue weighted by atomic mass is 32.1. The first kappa shape index (κ1) is 10.7. The number of benzene rings is 1. The largest absolute Gasteiger partial charge is 0.443 e. The summed E-state index contributed by atoms with van der Waals surface area (Å²) in [6, 6.07) is 7.75. The second kappa shape index (κ2) is 4.13. The molecular formula is C12H8N4OS. The molecule has 0 aliphatic carbocycles. The van der Waals surface area contributed by atoms with Crippen LogP contribution in [0.15, 0.2) is 29.0 Å². The summed E-state index contributed by atoms with van der Waals surface area (Å²) in [6.07, 6.45) is 1.40. The summed E-state index contributed by atoms with van der Waals surface area (Å²) < 4.78 is 5.25. The Morgan fingerprint density at radius 1 is 1.44 bits per heavy atom. The third-order valence-corrected chi connectivity index (χ3v) is 3.52. The molecule has 2 aromatic heterocycles. The monoisotopic (exact) mass is 256 g/mol. The number of thiazole rings is 1. The molecule has 2 heterocycles. The summed E-state index contributed by atoms with van der Waals surface area (Å²) >= 11 is 1.33. The van der Waals surface area contributed by atoms with E-state index in [1.807, 2.05) is 18.2 Å². The molecule has 1 N–H and O–H groups in total. The number of fused-ring (bicyclic) bond motifs is 1. The number of hydrogen-bond acceptors (Lipinski definition) is 6. The number of oxazole rings is 1. The van der Waals surface area contributed by atoms with E-state index >= 15 is 0 Å². The lowest BCUT2D eigenvalue weighted by molar-refractivity contribution is 0.602. The van der Waals surface area contributed by atoms with E-state index in [0.717, 1.165) is 16.2 Å². The Morgan fingerprint density at radius 3 is 3.11 bits per heavy atom. The van der Waals surface area contributed by atoms with Crippen LogP contribution in [0, 0.1) is 11.3 Å². The van der Waals surface area contributed by atoms with Crippen LogP contribution in [0.5, 0.6) is 0 Å². The quantitative estimate of drug-likeness (QED) is 0.763. The number of nitriles is 1. The van der Waals surface area contributed by atoms with E-state index in [1.165, 1.54) is 17.7 Å². The van der Waals surface area contributed by atoms with Crippen LogP contribution in [0.2, 0.25) is 0 Å². The van der Waals surface area contributed by atoms with Gasteiger partial charge in [-0.3, -0.25) is 0 Å². The van der Waals surface area contributed by atoms with Crippen molar-refractivity contribution in [2.45, 2.75) is 0 Å². The molecule has 0 unspecified atom stereocenters. The molecule has 0 aliphatic heterocycles. The lowest BCUT2D eigenvalue weighted by Gasteiger charge is -1.96. The fourth-order valence-corrected chi connectivity index (χ4v) is 2.44. The fourth-order valence-electron chi connectivity index (χ4n) is 1.70. The van der Waals surface area contributed by atoms with E-state index in [-0.39, 0.29) is 0 Å². The molecule has 0 atom stereocenters. The van der Waals surface area contributed by atoms with Gasteiger partial charge in [0, 0.05) is 12.6 Å². The number of hydrogen-bond donors (Lipinski definition) is 1. The summed E-state index contributed by atoms with van der Waals surface area (Å²) in [7, 11) is 1.78. The molecule has 0 fully saturated rings. The Hall–Kier alpha value is -2.39. The van der Waals surface area contributed by atoms with Crippen molar-refractivity contribution in [2.24, 2.45) is 0 Å². The van der Waals surface area contributed by atoms with E-state index in [9.17, 15) is 0 Å². The van der Waals surface area contributed by atoms with E-state index in [2.05, 4.69) is 21.4 Å². The van der Waals surface area contributed by atoms with Gasteiger partial charge in [0.25, 0.3) is 0 Å². The molecule has 3 rings (SSSR count). The molecule has 1 aromatic carbocycles. The van der Waals surface area contributed by atoms with Crippen LogP contribution >= 0.6 is 11.3 Å². The van der Waals surface area contributed by atoms with Crippen LogP contribution in [-0.2, 0) is 0 Å². The van der Waals surface area contributed by atoms with E-state index in [1.54, 1.807) is 7.05 Å². The molecule has 88 valence electrons. The van der Waals surface area contributed by atoms with Gasteiger partial charge in [-0.25, -0.2) is 9.97 Å². The molecule has 0 radical (unpaired) electrons. The van der Waals surface area contributed by atoms with Crippen molar-refractivity contribution >= 4 is 27.6 Å². The van der Waals surface area contributed by atoms with Crippen LogP contribution < -0.4 is 5.32 Å². The van der Waals surface area contributed by atoms with Crippen molar-refractivity contribution in [3.63, 3.8) is 0 Å². The van der Waals surface area contributed by atoms with Gasteiger partial charge in [0.15, 0.2) is 17.1 Å². The van der Waals surface area contributed by atoms with Gasteiger partial charge in [-0.15, -0.1) is 0 Å². The highest BCUT2D eigenvalue weighted by molar-refractivity contribution is 7.16. The van der Waals surface area contributed by atoms with Crippen molar-refractivity contribution in [1.29, 1.82) is 5.26 Å². The number of nitrogens with zero attached hydrogens (tertiary/aromatic N) is 3. The van der Waals surface area contributed by atoms with Crippen LogP contribution in [-0.4, -0.2) is 17.0 Å². The second-order valence-corrected chi connectivity index (χ2v) is 4.59. The molecule has 18 heavy (non-hydrogen) atoms. The third-order valence-electron chi connectivity index (χ3n) is 2.55. The van der Waals surface area contributed by atoms with Crippen molar-refractivity contribution in [3.8, 4) is 17.3 Å². The molecule has 0 saturated heterocycles. The Labute approximate surface area is 107 Å². The fraction of sp³-hybridized carbons (Fsp3) is 0.0833. The minimum atomic E-state index is 0.582. The predicted molar refractivity (Wildman–Crippen MR) is 69.4 cm³/mol. The molecular weight excluding hydrogens is 248 g/mol. The lowest BCUT2D eigenvalue weighted by atomic mass is 10.1. The van der Waals surface area contributed by atoms with Crippen molar-refractivity contribution < 1.29 is 4.42 Å². The minimum absolute atomic E-state index is 0.582. The maximum absolute atomic E-state index is 9.12. The predicted octanol–water partition coefficient (Wildman–Crippen LogP) is 2.86. The molecule has 0 spiro atoms. The van der Waals surface area contributed by atoms with E-state index in [4.69, 9.17) is 9.68 Å². The molecule has 0 saturated carbocycles. The van der Waals surface area contributed by atoms with Gasteiger partial charge >= 0.3 is 0 Å². The maximum Gasteiger partial charge on any atom is 0.184 e. The molecule has 6 heteroatoms. The Balaban J connectivity index is 2.18. The number of aromatic nitrogens is 2. The van der Waals surface area contributed by atoms with Gasteiger partial charge < -0.3 is 9.73 Å². The highest BCUT2D eigenvalue weighted by Gasteiger charge is 2.13. The van der Waals surface area contributed by atoms with Gasteiger partial charge in [0.1, 0.15) is 22.2 Å². The molecule has 5 nitrogen and oxygen atoms in total. The molecule has 3 aromatic rings. The van der Waals surface area contributed by atoms with Gasteiger partial charge in [0.05, 0.1) is 0 Å². The van der Waals surface area contributed by atoms with Crippen molar-refractivity contribution in [1.82, 2.24) is 9.97 Å². The number of anilines is 1. The average Bonchev–Trinajstić information content (AvgIpc) is 3.03. The summed E-state index contributed by atoms with van der Waals surface area (Å²) in [5.74, 6) is 0.